The van der Waals surface area contributed by atoms with Gasteiger partial charge in [-0.2, -0.15) is 0 Å². The zero-order valence-electron chi connectivity index (χ0n) is 14.7. The van der Waals surface area contributed by atoms with Crippen molar-refractivity contribution in [1.29, 1.82) is 0 Å². The molecular formula is C20H16F3N3O2. The minimum Gasteiger partial charge on any atom is -0.472 e. The monoisotopic (exact) mass is 387 g/mol. The van der Waals surface area contributed by atoms with Gasteiger partial charge in [0.05, 0.1) is 24.3 Å². The summed E-state index contributed by atoms with van der Waals surface area (Å²) < 4.78 is 47.8. The fourth-order valence-corrected chi connectivity index (χ4v) is 3.10. The molecule has 0 atom stereocenters. The first-order valence-electron chi connectivity index (χ1n) is 8.68. The molecule has 2 aromatic carbocycles. The molecule has 5 nitrogen and oxygen atoms in total. The molecule has 0 bridgehead atoms. The van der Waals surface area contributed by atoms with Crippen LogP contribution in [0.2, 0.25) is 0 Å². The summed E-state index contributed by atoms with van der Waals surface area (Å²) in [4.78, 5) is 14.0. The van der Waals surface area contributed by atoms with Crippen LogP contribution < -0.4 is 4.74 Å². The number of amides is 1. The second kappa shape index (κ2) is 7.38. The molecule has 144 valence electrons. The SMILES string of the molecule is O=C(c1cc(F)ccc1F)N1CCn2nc(OCc3cccc(F)c3)cc2C1. The molecule has 0 aliphatic carbocycles. The van der Waals surface area contributed by atoms with E-state index in [0.29, 0.717) is 30.2 Å². The average Bonchev–Trinajstić information content (AvgIpc) is 3.10. The third-order valence-corrected chi connectivity index (χ3v) is 4.50. The van der Waals surface area contributed by atoms with Gasteiger partial charge < -0.3 is 9.64 Å². The lowest BCUT2D eigenvalue weighted by molar-refractivity contribution is 0.0700. The summed E-state index contributed by atoms with van der Waals surface area (Å²) in [7, 11) is 0. The van der Waals surface area contributed by atoms with Crippen LogP contribution in [0.25, 0.3) is 0 Å². The number of aromatic nitrogens is 2. The lowest BCUT2D eigenvalue weighted by Gasteiger charge is -2.27. The van der Waals surface area contributed by atoms with Crippen molar-refractivity contribution in [1.82, 2.24) is 14.7 Å². The third-order valence-electron chi connectivity index (χ3n) is 4.50. The normalized spacial score (nSPS) is 13.3. The fourth-order valence-electron chi connectivity index (χ4n) is 3.10. The predicted octanol–water partition coefficient (Wildman–Crippen LogP) is 3.54. The molecule has 1 aliphatic rings. The van der Waals surface area contributed by atoms with Crippen LogP contribution in [0, 0.1) is 17.5 Å². The minimum atomic E-state index is -0.760. The minimum absolute atomic E-state index is 0.158. The highest BCUT2D eigenvalue weighted by Crippen LogP contribution is 2.21. The Balaban J connectivity index is 1.45. The summed E-state index contributed by atoms with van der Waals surface area (Å²) in [6.07, 6.45) is 0. The largest absolute Gasteiger partial charge is 0.472 e. The van der Waals surface area contributed by atoms with Gasteiger partial charge >= 0.3 is 0 Å². The molecule has 0 radical (unpaired) electrons. The second-order valence-corrected chi connectivity index (χ2v) is 6.47. The number of rotatable bonds is 4. The molecule has 1 aromatic heterocycles. The number of halogens is 3. The molecule has 0 saturated heterocycles. The van der Waals surface area contributed by atoms with Crippen LogP contribution in [-0.4, -0.2) is 27.1 Å². The Morgan fingerprint density at radius 2 is 1.86 bits per heavy atom. The van der Waals surface area contributed by atoms with Gasteiger partial charge in [0, 0.05) is 12.6 Å². The maximum atomic E-state index is 13.9. The summed E-state index contributed by atoms with van der Waals surface area (Å²) in [6, 6.07) is 10.6. The van der Waals surface area contributed by atoms with E-state index in [9.17, 15) is 18.0 Å². The highest BCUT2D eigenvalue weighted by atomic mass is 19.1. The number of benzene rings is 2. The number of hydrogen-bond donors (Lipinski definition) is 0. The highest BCUT2D eigenvalue weighted by Gasteiger charge is 2.25. The molecule has 0 spiro atoms. The first-order chi connectivity index (χ1) is 13.5. The van der Waals surface area contributed by atoms with Crippen molar-refractivity contribution in [3.8, 4) is 5.88 Å². The van der Waals surface area contributed by atoms with E-state index in [4.69, 9.17) is 4.74 Å². The van der Waals surface area contributed by atoms with Crippen molar-refractivity contribution in [2.24, 2.45) is 0 Å². The van der Waals surface area contributed by atoms with E-state index in [-0.39, 0.29) is 24.5 Å². The number of carbonyl (C=O) groups is 1. The van der Waals surface area contributed by atoms with Crippen molar-refractivity contribution >= 4 is 5.91 Å². The molecule has 0 fully saturated rings. The van der Waals surface area contributed by atoms with E-state index < -0.39 is 17.5 Å². The molecule has 0 saturated carbocycles. The molecule has 28 heavy (non-hydrogen) atoms. The van der Waals surface area contributed by atoms with Crippen molar-refractivity contribution in [2.75, 3.05) is 6.54 Å². The maximum Gasteiger partial charge on any atom is 0.257 e. The molecular weight excluding hydrogens is 371 g/mol. The van der Waals surface area contributed by atoms with Crippen molar-refractivity contribution < 1.29 is 22.7 Å². The number of fused-ring (bicyclic) bond motifs is 1. The Bertz CT molecular complexity index is 1040. The number of nitrogens with zero attached hydrogens (tertiary/aromatic N) is 3. The van der Waals surface area contributed by atoms with E-state index >= 15 is 0 Å². The van der Waals surface area contributed by atoms with E-state index in [0.717, 1.165) is 18.2 Å². The molecule has 8 heteroatoms. The molecule has 0 N–H and O–H groups in total. The molecule has 1 amide bonds. The zero-order valence-corrected chi connectivity index (χ0v) is 14.7. The average molecular weight is 387 g/mol. The molecule has 4 rings (SSSR count). The fraction of sp³-hybridized carbons (Fsp3) is 0.200. The smallest absolute Gasteiger partial charge is 0.257 e. The Hall–Kier alpha value is -3.29. The van der Waals surface area contributed by atoms with Gasteiger partial charge in [0.1, 0.15) is 24.1 Å². The first kappa shape index (κ1) is 18.1. The van der Waals surface area contributed by atoms with Crippen LogP contribution in [0.5, 0.6) is 5.88 Å². The van der Waals surface area contributed by atoms with Gasteiger partial charge in [-0.1, -0.05) is 12.1 Å². The van der Waals surface area contributed by atoms with E-state index in [1.165, 1.54) is 17.0 Å². The van der Waals surface area contributed by atoms with Crippen LogP contribution >= 0.6 is 0 Å². The van der Waals surface area contributed by atoms with Crippen LogP contribution in [-0.2, 0) is 19.7 Å². The van der Waals surface area contributed by atoms with Crippen molar-refractivity contribution in [3.63, 3.8) is 0 Å². The zero-order chi connectivity index (χ0) is 19.7. The lowest BCUT2D eigenvalue weighted by atomic mass is 10.1. The molecule has 1 aliphatic heterocycles. The second-order valence-electron chi connectivity index (χ2n) is 6.47. The van der Waals surface area contributed by atoms with Gasteiger partial charge in [0.25, 0.3) is 5.91 Å². The van der Waals surface area contributed by atoms with Crippen LogP contribution in [0.3, 0.4) is 0 Å². The Morgan fingerprint density at radius 3 is 2.68 bits per heavy atom. The van der Waals surface area contributed by atoms with Gasteiger partial charge in [0.15, 0.2) is 0 Å². The summed E-state index contributed by atoms with van der Waals surface area (Å²) in [6.45, 7) is 1.07. The summed E-state index contributed by atoms with van der Waals surface area (Å²) in [5.74, 6) is -1.99. The molecule has 0 unspecified atom stereocenters. The standard InChI is InChI=1S/C20H16F3N3O2/c21-14-3-1-2-13(8-14)12-28-19-10-16-11-25(6-7-26(16)24-19)20(27)17-9-15(22)4-5-18(17)23/h1-5,8-10H,6-7,11-12H2. The Kier molecular flexibility index (Phi) is 4.77. The molecule has 3 aromatic rings. The van der Waals surface area contributed by atoms with Gasteiger partial charge in [-0.05, 0) is 35.9 Å². The van der Waals surface area contributed by atoms with Gasteiger partial charge in [-0.15, -0.1) is 5.10 Å². The number of carbonyl (C=O) groups excluding carboxylic acids is 1. The summed E-state index contributed by atoms with van der Waals surface area (Å²) in [5, 5.41) is 4.32. The third kappa shape index (κ3) is 3.71. The quantitative estimate of drug-likeness (QED) is 0.688. The van der Waals surface area contributed by atoms with Gasteiger partial charge in [-0.3, -0.25) is 9.48 Å². The lowest BCUT2D eigenvalue weighted by Crippen LogP contribution is -2.38. The summed E-state index contributed by atoms with van der Waals surface area (Å²) >= 11 is 0. The van der Waals surface area contributed by atoms with Gasteiger partial charge in [-0.25, -0.2) is 13.2 Å². The highest BCUT2D eigenvalue weighted by molar-refractivity contribution is 5.94. The van der Waals surface area contributed by atoms with Gasteiger partial charge in [0.2, 0.25) is 5.88 Å². The number of ether oxygens (including phenoxy) is 1. The van der Waals surface area contributed by atoms with Crippen LogP contribution in [0.4, 0.5) is 13.2 Å². The maximum absolute atomic E-state index is 13.9. The van der Waals surface area contributed by atoms with Crippen LogP contribution in [0.1, 0.15) is 21.6 Å². The first-order valence-corrected chi connectivity index (χ1v) is 8.68. The summed E-state index contributed by atoms with van der Waals surface area (Å²) in [5.41, 5.74) is 1.09. The Morgan fingerprint density at radius 1 is 1.04 bits per heavy atom. The Labute approximate surface area is 159 Å². The topological polar surface area (TPSA) is 47.4 Å². The van der Waals surface area contributed by atoms with E-state index in [1.807, 2.05) is 0 Å². The van der Waals surface area contributed by atoms with E-state index in [2.05, 4.69) is 5.10 Å². The predicted molar refractivity (Wildman–Crippen MR) is 94.1 cm³/mol. The van der Waals surface area contributed by atoms with Crippen molar-refractivity contribution in [2.45, 2.75) is 19.7 Å². The van der Waals surface area contributed by atoms with Crippen molar-refractivity contribution in [3.05, 3.63) is 82.8 Å². The van der Waals surface area contributed by atoms with Crippen LogP contribution in [0.15, 0.2) is 48.5 Å². The number of hydrogen-bond acceptors (Lipinski definition) is 3. The molecule has 2 heterocycles. The van der Waals surface area contributed by atoms with E-state index in [1.54, 1.807) is 22.9 Å².